The maximum atomic E-state index is 12.7. The third-order valence-electron chi connectivity index (χ3n) is 3.92. The number of anilines is 1. The maximum Gasteiger partial charge on any atom is 0.325 e. The Morgan fingerprint density at radius 2 is 1.79 bits per heavy atom. The van der Waals surface area contributed by atoms with Crippen molar-refractivity contribution in [3.63, 3.8) is 0 Å². The van der Waals surface area contributed by atoms with E-state index in [1.54, 1.807) is 26.0 Å². The Hall–Kier alpha value is -2.29. The van der Waals surface area contributed by atoms with Crippen molar-refractivity contribution in [1.29, 1.82) is 0 Å². The van der Waals surface area contributed by atoms with Crippen molar-refractivity contribution in [2.45, 2.75) is 18.7 Å². The van der Waals surface area contributed by atoms with Crippen LogP contribution in [0.25, 0.3) is 0 Å². The fourth-order valence-electron chi connectivity index (χ4n) is 2.38. The lowest BCUT2D eigenvalue weighted by atomic mass is 10.2. The van der Waals surface area contributed by atoms with Gasteiger partial charge in [-0.2, -0.15) is 0 Å². The molecule has 0 atom stereocenters. The Labute approximate surface area is 179 Å². The molecule has 0 aromatic heterocycles. The average molecular weight is 459 g/mol. The summed E-state index contributed by atoms with van der Waals surface area (Å²) in [5.41, 5.74) is 1.03. The highest BCUT2D eigenvalue weighted by Crippen LogP contribution is 2.25. The lowest BCUT2D eigenvalue weighted by Gasteiger charge is -2.17. The van der Waals surface area contributed by atoms with E-state index in [2.05, 4.69) is 4.72 Å². The standard InChI is InChI=1S/C19H20Cl2N2O5S/c1-4-28-18(24)11-23(3)19(25)15-10-14(7-8-16(15)20)29(26,27)22-13-6-5-12(2)17(21)9-13/h5-10,22H,4,11H2,1-3H3. The molecule has 0 fully saturated rings. The van der Waals surface area contributed by atoms with Crippen LogP contribution >= 0.6 is 23.2 Å². The van der Waals surface area contributed by atoms with E-state index in [1.165, 1.54) is 25.2 Å². The van der Waals surface area contributed by atoms with E-state index in [4.69, 9.17) is 27.9 Å². The van der Waals surface area contributed by atoms with Crippen LogP contribution in [-0.4, -0.2) is 45.4 Å². The molecule has 0 radical (unpaired) electrons. The quantitative estimate of drug-likeness (QED) is 0.637. The number of nitrogens with zero attached hydrogens (tertiary/aromatic N) is 1. The normalized spacial score (nSPS) is 11.1. The van der Waals surface area contributed by atoms with Gasteiger partial charge < -0.3 is 9.64 Å². The van der Waals surface area contributed by atoms with Gasteiger partial charge in [-0.3, -0.25) is 14.3 Å². The minimum absolute atomic E-state index is 0.0525. The topological polar surface area (TPSA) is 92.8 Å². The summed E-state index contributed by atoms with van der Waals surface area (Å²) in [5.74, 6) is -1.19. The second-order valence-corrected chi connectivity index (χ2v) is 8.67. The number of benzene rings is 2. The number of ether oxygens (including phenoxy) is 1. The van der Waals surface area contributed by atoms with Crippen LogP contribution in [0.3, 0.4) is 0 Å². The summed E-state index contributed by atoms with van der Waals surface area (Å²) in [7, 11) is -2.61. The minimum Gasteiger partial charge on any atom is -0.465 e. The van der Waals surface area contributed by atoms with Crippen molar-refractivity contribution in [2.24, 2.45) is 0 Å². The average Bonchev–Trinajstić information content (AvgIpc) is 2.64. The van der Waals surface area contributed by atoms with Crippen molar-refractivity contribution in [1.82, 2.24) is 4.90 Å². The Kier molecular flexibility index (Phi) is 7.51. The van der Waals surface area contributed by atoms with E-state index in [1.807, 2.05) is 0 Å². The van der Waals surface area contributed by atoms with Gasteiger partial charge in [-0.15, -0.1) is 0 Å². The minimum atomic E-state index is -4.00. The number of rotatable bonds is 7. The van der Waals surface area contributed by atoms with E-state index in [-0.39, 0.29) is 34.3 Å². The molecule has 7 nitrogen and oxygen atoms in total. The van der Waals surface area contributed by atoms with E-state index >= 15 is 0 Å². The van der Waals surface area contributed by atoms with Crippen molar-refractivity contribution in [2.75, 3.05) is 24.9 Å². The highest BCUT2D eigenvalue weighted by molar-refractivity contribution is 7.92. The lowest BCUT2D eigenvalue weighted by Crippen LogP contribution is -2.33. The summed E-state index contributed by atoms with van der Waals surface area (Å²) in [6.45, 7) is 3.34. The molecule has 0 heterocycles. The number of hydrogen-bond acceptors (Lipinski definition) is 5. The van der Waals surface area contributed by atoms with Gasteiger partial charge in [0, 0.05) is 12.1 Å². The van der Waals surface area contributed by atoms with Gasteiger partial charge in [0.25, 0.3) is 15.9 Å². The molecule has 0 spiro atoms. The van der Waals surface area contributed by atoms with Crippen LogP contribution in [-0.2, 0) is 19.6 Å². The van der Waals surface area contributed by atoms with Crippen molar-refractivity contribution < 1.29 is 22.7 Å². The van der Waals surface area contributed by atoms with Gasteiger partial charge in [-0.1, -0.05) is 29.3 Å². The van der Waals surface area contributed by atoms with E-state index in [9.17, 15) is 18.0 Å². The molecule has 0 unspecified atom stereocenters. The zero-order chi connectivity index (χ0) is 21.8. The van der Waals surface area contributed by atoms with Crippen LogP contribution < -0.4 is 4.72 Å². The summed E-state index contributed by atoms with van der Waals surface area (Å²) in [6.07, 6.45) is 0. The number of carbonyl (C=O) groups excluding carboxylic acids is 2. The predicted octanol–water partition coefficient (Wildman–Crippen LogP) is 3.74. The second-order valence-electron chi connectivity index (χ2n) is 6.18. The molecule has 2 rings (SSSR count). The van der Waals surface area contributed by atoms with Gasteiger partial charge in [0.15, 0.2) is 0 Å². The Bertz CT molecular complexity index is 1040. The molecule has 0 saturated heterocycles. The number of sulfonamides is 1. The van der Waals surface area contributed by atoms with Crippen LogP contribution in [0.2, 0.25) is 10.0 Å². The molecule has 156 valence electrons. The zero-order valence-corrected chi connectivity index (χ0v) is 18.4. The molecule has 0 aliphatic carbocycles. The first-order chi connectivity index (χ1) is 13.5. The highest BCUT2D eigenvalue weighted by Gasteiger charge is 2.22. The number of nitrogens with one attached hydrogen (secondary N) is 1. The first kappa shape index (κ1) is 23.0. The second kappa shape index (κ2) is 9.47. The van der Waals surface area contributed by atoms with Crippen LogP contribution in [0.4, 0.5) is 5.69 Å². The van der Waals surface area contributed by atoms with E-state index in [0.717, 1.165) is 16.5 Å². The predicted molar refractivity (Wildman–Crippen MR) is 112 cm³/mol. The Morgan fingerprint density at radius 1 is 1.10 bits per heavy atom. The van der Waals surface area contributed by atoms with Gasteiger partial charge >= 0.3 is 5.97 Å². The molecular weight excluding hydrogens is 439 g/mol. The third kappa shape index (κ3) is 5.85. The summed E-state index contributed by atoms with van der Waals surface area (Å²) in [5, 5.41) is 0.473. The molecule has 0 saturated carbocycles. The molecular formula is C19H20Cl2N2O5S. The van der Waals surface area contributed by atoms with Crippen molar-refractivity contribution in [3.05, 3.63) is 57.6 Å². The number of aryl methyl sites for hydroxylation is 1. The smallest absolute Gasteiger partial charge is 0.325 e. The van der Waals surface area contributed by atoms with Crippen LogP contribution in [0.15, 0.2) is 41.3 Å². The number of carbonyl (C=O) groups is 2. The number of halogens is 2. The molecule has 0 bridgehead atoms. The van der Waals surface area contributed by atoms with Gasteiger partial charge in [0.2, 0.25) is 0 Å². The molecule has 1 N–H and O–H groups in total. The fourth-order valence-corrected chi connectivity index (χ4v) is 3.84. The SMILES string of the molecule is CCOC(=O)CN(C)C(=O)c1cc(S(=O)(=O)Nc2ccc(C)c(Cl)c2)ccc1Cl. The summed E-state index contributed by atoms with van der Waals surface area (Å²) >= 11 is 12.1. The summed E-state index contributed by atoms with van der Waals surface area (Å²) in [6, 6.07) is 8.50. The molecule has 2 aromatic rings. The first-order valence-corrected chi connectivity index (χ1v) is 10.8. The van der Waals surface area contributed by atoms with Gasteiger partial charge in [-0.05, 0) is 49.7 Å². The molecule has 29 heavy (non-hydrogen) atoms. The monoisotopic (exact) mass is 458 g/mol. The number of esters is 1. The van der Waals surface area contributed by atoms with E-state index in [0.29, 0.717) is 5.02 Å². The molecule has 0 aliphatic heterocycles. The molecule has 0 aliphatic rings. The first-order valence-electron chi connectivity index (χ1n) is 8.54. The van der Waals surface area contributed by atoms with Gasteiger partial charge in [0.05, 0.1) is 27.8 Å². The Morgan fingerprint density at radius 3 is 2.41 bits per heavy atom. The third-order valence-corrected chi connectivity index (χ3v) is 6.04. The fraction of sp³-hybridized carbons (Fsp3) is 0.263. The van der Waals surface area contributed by atoms with Crippen LogP contribution in [0.1, 0.15) is 22.8 Å². The molecule has 10 heteroatoms. The number of amides is 1. The van der Waals surface area contributed by atoms with Crippen molar-refractivity contribution in [3.8, 4) is 0 Å². The van der Waals surface area contributed by atoms with Crippen molar-refractivity contribution >= 4 is 50.8 Å². The molecule has 1 amide bonds. The largest absolute Gasteiger partial charge is 0.465 e. The molecule has 2 aromatic carbocycles. The van der Waals surface area contributed by atoms with Crippen LogP contribution in [0, 0.1) is 6.92 Å². The van der Waals surface area contributed by atoms with Gasteiger partial charge in [0.1, 0.15) is 6.54 Å². The van der Waals surface area contributed by atoms with Crippen LogP contribution in [0.5, 0.6) is 0 Å². The summed E-state index contributed by atoms with van der Waals surface area (Å²) < 4.78 is 32.7. The van der Waals surface area contributed by atoms with E-state index < -0.39 is 21.9 Å². The Balaban J connectivity index is 2.29. The van der Waals surface area contributed by atoms with Gasteiger partial charge in [-0.25, -0.2) is 8.42 Å². The zero-order valence-electron chi connectivity index (χ0n) is 16.0. The summed E-state index contributed by atoms with van der Waals surface area (Å²) in [4.78, 5) is 25.2. The lowest BCUT2D eigenvalue weighted by molar-refractivity contribution is -0.143. The highest BCUT2D eigenvalue weighted by atomic mass is 35.5. The number of likely N-dealkylation sites (N-methyl/N-ethyl adjacent to an activating group) is 1. The number of hydrogen-bond donors (Lipinski definition) is 1. The maximum absolute atomic E-state index is 12.7.